The summed E-state index contributed by atoms with van der Waals surface area (Å²) in [6.45, 7) is 0.888. The number of ether oxygens (including phenoxy) is 1. The molecular weight excluding hydrogens is 268 g/mol. The number of aliphatic hydroxyl groups excluding tert-OH is 1. The normalized spacial score (nSPS) is 11.9. The highest BCUT2D eigenvalue weighted by molar-refractivity contribution is 6.30. The Balaban J connectivity index is 2.15. The van der Waals surface area contributed by atoms with Crippen molar-refractivity contribution in [3.63, 3.8) is 0 Å². The maximum Gasteiger partial charge on any atom is 0.314 e. The second-order valence-corrected chi connectivity index (χ2v) is 4.56. The summed E-state index contributed by atoms with van der Waals surface area (Å²) < 4.78 is 4.75. The van der Waals surface area contributed by atoms with Gasteiger partial charge in [0.15, 0.2) is 0 Å². The van der Waals surface area contributed by atoms with Crippen molar-refractivity contribution in [3.8, 4) is 0 Å². The number of hydrogen-bond acceptors (Lipinski definition) is 3. The predicted molar refractivity (Wildman–Crippen MR) is 74.4 cm³/mol. The number of aliphatic hydroxyl groups is 1. The molecule has 0 heterocycles. The van der Waals surface area contributed by atoms with E-state index in [-0.39, 0.29) is 19.2 Å². The molecule has 0 bridgehead atoms. The highest BCUT2D eigenvalue weighted by atomic mass is 35.5. The van der Waals surface area contributed by atoms with Gasteiger partial charge in [0.2, 0.25) is 0 Å². The minimum atomic E-state index is -0.688. The van der Waals surface area contributed by atoms with Crippen molar-refractivity contribution >= 4 is 17.6 Å². The zero-order valence-electron chi connectivity index (χ0n) is 10.9. The van der Waals surface area contributed by atoms with E-state index in [1.54, 1.807) is 0 Å². The topological polar surface area (TPSA) is 70.6 Å². The first-order chi connectivity index (χ1) is 9.11. The third kappa shape index (κ3) is 7.00. The van der Waals surface area contributed by atoms with E-state index in [0.29, 0.717) is 11.6 Å². The highest BCUT2D eigenvalue weighted by Gasteiger charge is 2.05. The van der Waals surface area contributed by atoms with E-state index in [1.807, 2.05) is 24.3 Å². The molecule has 0 aliphatic rings. The van der Waals surface area contributed by atoms with Gasteiger partial charge in [0.25, 0.3) is 0 Å². The number of rotatable bonds is 7. The summed E-state index contributed by atoms with van der Waals surface area (Å²) in [7, 11) is 1.50. The molecule has 0 fully saturated rings. The average molecular weight is 287 g/mol. The van der Waals surface area contributed by atoms with Crippen molar-refractivity contribution in [1.29, 1.82) is 0 Å². The smallest absolute Gasteiger partial charge is 0.314 e. The van der Waals surface area contributed by atoms with Crippen LogP contribution < -0.4 is 10.6 Å². The molecule has 0 saturated heterocycles. The molecule has 19 heavy (non-hydrogen) atoms. The van der Waals surface area contributed by atoms with Crippen molar-refractivity contribution in [2.75, 3.05) is 26.8 Å². The summed E-state index contributed by atoms with van der Waals surface area (Å²) in [5, 5.41) is 15.3. The Kier molecular flexibility index (Phi) is 7.25. The van der Waals surface area contributed by atoms with Gasteiger partial charge in [-0.1, -0.05) is 23.7 Å². The number of nitrogens with one attached hydrogen (secondary N) is 2. The second kappa shape index (κ2) is 8.74. The number of methoxy groups -OCH3 is 1. The lowest BCUT2D eigenvalue weighted by Gasteiger charge is -2.11. The first-order valence-electron chi connectivity index (χ1n) is 6.05. The maximum atomic E-state index is 11.4. The largest absolute Gasteiger partial charge is 0.389 e. The van der Waals surface area contributed by atoms with Crippen LogP contribution in [0.15, 0.2) is 24.3 Å². The van der Waals surface area contributed by atoms with E-state index in [0.717, 1.165) is 12.0 Å². The Bertz CT molecular complexity index is 384. The first-order valence-corrected chi connectivity index (χ1v) is 6.42. The van der Waals surface area contributed by atoms with Crippen LogP contribution in [0, 0.1) is 0 Å². The molecule has 106 valence electrons. The number of carbonyl (C=O) groups excluding carboxylic acids is 1. The number of halogens is 1. The van der Waals surface area contributed by atoms with Gasteiger partial charge < -0.3 is 20.5 Å². The molecule has 1 aromatic carbocycles. The molecular formula is C13H19ClN2O3. The van der Waals surface area contributed by atoms with Crippen molar-refractivity contribution in [2.24, 2.45) is 0 Å². The molecule has 1 unspecified atom stereocenters. The maximum absolute atomic E-state index is 11.4. The van der Waals surface area contributed by atoms with Gasteiger partial charge >= 0.3 is 6.03 Å². The fourth-order valence-corrected chi connectivity index (χ4v) is 1.62. The second-order valence-electron chi connectivity index (χ2n) is 4.12. The fraction of sp³-hybridized carbons (Fsp3) is 0.462. The van der Waals surface area contributed by atoms with Gasteiger partial charge in [0, 0.05) is 25.2 Å². The minimum Gasteiger partial charge on any atom is -0.389 e. The van der Waals surface area contributed by atoms with Crippen LogP contribution in [0.3, 0.4) is 0 Å². The molecule has 0 aromatic heterocycles. The molecule has 3 N–H and O–H groups in total. The third-order valence-electron chi connectivity index (χ3n) is 2.47. The Morgan fingerprint density at radius 3 is 2.68 bits per heavy atom. The third-order valence-corrected chi connectivity index (χ3v) is 2.72. The van der Waals surface area contributed by atoms with Gasteiger partial charge in [-0.3, -0.25) is 0 Å². The summed E-state index contributed by atoms with van der Waals surface area (Å²) in [5.41, 5.74) is 1.10. The molecule has 0 saturated carbocycles. The van der Waals surface area contributed by atoms with Crippen LogP contribution in [0.2, 0.25) is 5.02 Å². The molecule has 6 heteroatoms. The van der Waals surface area contributed by atoms with E-state index in [1.165, 1.54) is 7.11 Å². The number of hydrogen-bond donors (Lipinski definition) is 3. The van der Waals surface area contributed by atoms with Crippen LogP contribution in [-0.2, 0) is 11.2 Å². The van der Waals surface area contributed by atoms with Crippen LogP contribution in [0.25, 0.3) is 0 Å². The summed E-state index contributed by atoms with van der Waals surface area (Å²) in [6.07, 6.45) is 0.0394. The Labute approximate surface area is 117 Å². The Morgan fingerprint density at radius 1 is 1.37 bits per heavy atom. The molecule has 2 amide bonds. The van der Waals surface area contributed by atoms with E-state index < -0.39 is 6.10 Å². The van der Waals surface area contributed by atoms with Gasteiger partial charge in [0.1, 0.15) is 0 Å². The zero-order valence-corrected chi connectivity index (χ0v) is 11.6. The first kappa shape index (κ1) is 15.8. The summed E-state index contributed by atoms with van der Waals surface area (Å²) in [4.78, 5) is 11.4. The van der Waals surface area contributed by atoms with Gasteiger partial charge in [-0.05, 0) is 24.1 Å². The van der Waals surface area contributed by atoms with Crippen LogP contribution in [-0.4, -0.2) is 44.0 Å². The standard InChI is InChI=1S/C13H19ClN2O3/c1-19-9-12(17)8-16-13(18)15-7-6-10-2-4-11(14)5-3-10/h2-5,12,17H,6-9H2,1H3,(H2,15,16,18). The Hall–Kier alpha value is -1.30. The van der Waals surface area contributed by atoms with Crippen LogP contribution in [0.5, 0.6) is 0 Å². The van der Waals surface area contributed by atoms with Gasteiger partial charge in [0.05, 0.1) is 12.7 Å². The van der Waals surface area contributed by atoms with Gasteiger partial charge in [-0.25, -0.2) is 4.79 Å². The van der Waals surface area contributed by atoms with Gasteiger partial charge in [-0.2, -0.15) is 0 Å². The molecule has 0 spiro atoms. The van der Waals surface area contributed by atoms with E-state index >= 15 is 0 Å². The predicted octanol–water partition coefficient (Wildman–Crippen LogP) is 1.19. The van der Waals surface area contributed by atoms with E-state index in [2.05, 4.69) is 10.6 Å². The van der Waals surface area contributed by atoms with E-state index in [9.17, 15) is 9.90 Å². The monoisotopic (exact) mass is 286 g/mol. The zero-order chi connectivity index (χ0) is 14.1. The molecule has 5 nitrogen and oxygen atoms in total. The minimum absolute atomic E-state index is 0.167. The number of benzene rings is 1. The Morgan fingerprint density at radius 2 is 2.05 bits per heavy atom. The number of urea groups is 1. The van der Waals surface area contributed by atoms with E-state index in [4.69, 9.17) is 16.3 Å². The van der Waals surface area contributed by atoms with Crippen LogP contribution in [0.1, 0.15) is 5.56 Å². The van der Waals surface area contributed by atoms with Crippen molar-refractivity contribution in [2.45, 2.75) is 12.5 Å². The van der Waals surface area contributed by atoms with Crippen LogP contribution >= 0.6 is 11.6 Å². The SMILES string of the molecule is COCC(O)CNC(=O)NCCc1ccc(Cl)cc1. The lowest BCUT2D eigenvalue weighted by molar-refractivity contribution is 0.0660. The highest BCUT2D eigenvalue weighted by Crippen LogP contribution is 2.09. The van der Waals surface area contributed by atoms with Crippen LogP contribution in [0.4, 0.5) is 4.79 Å². The fourth-order valence-electron chi connectivity index (χ4n) is 1.50. The molecule has 0 aliphatic heterocycles. The van der Waals surface area contributed by atoms with Crippen molar-refractivity contribution in [3.05, 3.63) is 34.9 Å². The molecule has 0 aliphatic carbocycles. The summed E-state index contributed by atoms with van der Waals surface area (Å²) in [6, 6.07) is 7.18. The average Bonchev–Trinajstić information content (AvgIpc) is 2.39. The lowest BCUT2D eigenvalue weighted by atomic mass is 10.1. The van der Waals surface area contributed by atoms with Gasteiger partial charge in [-0.15, -0.1) is 0 Å². The molecule has 1 rings (SSSR count). The van der Waals surface area contributed by atoms with Crippen molar-refractivity contribution in [1.82, 2.24) is 10.6 Å². The lowest BCUT2D eigenvalue weighted by Crippen LogP contribution is -2.41. The molecule has 0 radical (unpaired) electrons. The summed E-state index contributed by atoms with van der Waals surface area (Å²) in [5.74, 6) is 0. The quantitative estimate of drug-likeness (QED) is 0.705. The molecule has 1 atom stereocenters. The number of carbonyl (C=O) groups is 1. The molecule has 1 aromatic rings. The number of amides is 2. The van der Waals surface area contributed by atoms with Crippen molar-refractivity contribution < 1.29 is 14.6 Å². The summed E-state index contributed by atoms with van der Waals surface area (Å²) >= 11 is 5.78.